The molecule has 0 amide bonds. The standard InChI is InChI=1S/C10H17N3O2S/c1-13-4-2-10(12-13)7-11-6-9-3-5-16(14,15)8-9/h2,4,9,11H,3,5-8H2,1H3. The number of aromatic nitrogens is 2. The predicted molar refractivity (Wildman–Crippen MR) is 61.7 cm³/mol. The SMILES string of the molecule is Cn1ccc(CNCC2CCS(=O)(=O)C2)n1. The van der Waals surface area contributed by atoms with E-state index in [1.54, 1.807) is 4.68 Å². The maximum Gasteiger partial charge on any atom is 0.150 e. The van der Waals surface area contributed by atoms with Crippen LogP contribution in [0.1, 0.15) is 12.1 Å². The lowest BCUT2D eigenvalue weighted by atomic mass is 10.1. The summed E-state index contributed by atoms with van der Waals surface area (Å²) in [6.45, 7) is 1.47. The van der Waals surface area contributed by atoms with E-state index in [1.165, 1.54) is 0 Å². The Hall–Kier alpha value is -0.880. The minimum absolute atomic E-state index is 0.272. The van der Waals surface area contributed by atoms with Crippen molar-refractivity contribution in [2.24, 2.45) is 13.0 Å². The number of rotatable bonds is 4. The van der Waals surface area contributed by atoms with Crippen LogP contribution >= 0.6 is 0 Å². The first kappa shape index (κ1) is 11.6. The average Bonchev–Trinajstić information content (AvgIpc) is 2.73. The van der Waals surface area contributed by atoms with Gasteiger partial charge in [0.25, 0.3) is 0 Å². The molecule has 1 unspecified atom stereocenters. The van der Waals surface area contributed by atoms with E-state index in [0.29, 0.717) is 18.1 Å². The molecule has 16 heavy (non-hydrogen) atoms. The molecule has 90 valence electrons. The summed E-state index contributed by atoms with van der Waals surface area (Å²) in [6, 6.07) is 1.96. The summed E-state index contributed by atoms with van der Waals surface area (Å²) in [5.41, 5.74) is 0.989. The van der Waals surface area contributed by atoms with Crippen LogP contribution in [0.2, 0.25) is 0 Å². The molecule has 6 heteroatoms. The lowest BCUT2D eigenvalue weighted by Crippen LogP contribution is -2.23. The van der Waals surface area contributed by atoms with E-state index < -0.39 is 9.84 Å². The summed E-state index contributed by atoms with van der Waals surface area (Å²) in [5.74, 6) is 0.958. The highest BCUT2D eigenvalue weighted by Gasteiger charge is 2.27. The Balaban J connectivity index is 1.73. The molecule has 0 saturated carbocycles. The Bertz CT molecular complexity index is 452. The van der Waals surface area contributed by atoms with Crippen LogP contribution < -0.4 is 5.32 Å². The molecule has 2 rings (SSSR count). The zero-order valence-corrected chi connectivity index (χ0v) is 10.2. The summed E-state index contributed by atoms with van der Waals surface area (Å²) >= 11 is 0. The van der Waals surface area contributed by atoms with Gasteiger partial charge in [-0.05, 0) is 24.9 Å². The van der Waals surface area contributed by atoms with Gasteiger partial charge in [-0.25, -0.2) is 8.42 Å². The van der Waals surface area contributed by atoms with Gasteiger partial charge in [0.2, 0.25) is 0 Å². The molecule has 1 saturated heterocycles. The molecular formula is C10H17N3O2S. The molecule has 0 radical (unpaired) electrons. The van der Waals surface area contributed by atoms with Crippen LogP contribution in [0, 0.1) is 5.92 Å². The first-order valence-corrected chi connectivity index (χ1v) is 7.27. The topological polar surface area (TPSA) is 64.0 Å². The predicted octanol–water partition coefficient (Wildman–Crippen LogP) is -0.0556. The molecule has 1 fully saturated rings. The van der Waals surface area contributed by atoms with Gasteiger partial charge in [0.15, 0.2) is 9.84 Å². The quantitative estimate of drug-likeness (QED) is 0.805. The normalized spacial score (nSPS) is 23.7. The summed E-state index contributed by atoms with van der Waals surface area (Å²) in [6.07, 6.45) is 2.69. The van der Waals surface area contributed by atoms with Crippen LogP contribution in [0.4, 0.5) is 0 Å². The second-order valence-electron chi connectivity index (χ2n) is 4.38. The molecule has 2 heterocycles. The van der Waals surface area contributed by atoms with Gasteiger partial charge in [-0.3, -0.25) is 4.68 Å². The number of sulfone groups is 1. The Kier molecular flexibility index (Phi) is 3.30. The second kappa shape index (κ2) is 4.55. The van der Waals surface area contributed by atoms with Gasteiger partial charge in [-0.1, -0.05) is 0 Å². The number of nitrogens with one attached hydrogen (secondary N) is 1. The van der Waals surface area contributed by atoms with Crippen molar-refractivity contribution >= 4 is 9.84 Å². The maximum atomic E-state index is 11.2. The van der Waals surface area contributed by atoms with E-state index in [0.717, 1.165) is 18.7 Å². The van der Waals surface area contributed by atoms with E-state index >= 15 is 0 Å². The van der Waals surface area contributed by atoms with Crippen LogP contribution in [-0.2, 0) is 23.4 Å². The molecule has 1 N–H and O–H groups in total. The third-order valence-corrected chi connectivity index (χ3v) is 4.67. The van der Waals surface area contributed by atoms with Crippen molar-refractivity contribution in [3.05, 3.63) is 18.0 Å². The highest BCUT2D eigenvalue weighted by atomic mass is 32.2. The first-order valence-electron chi connectivity index (χ1n) is 5.45. The monoisotopic (exact) mass is 243 g/mol. The van der Waals surface area contributed by atoms with Crippen molar-refractivity contribution in [2.45, 2.75) is 13.0 Å². The van der Waals surface area contributed by atoms with E-state index in [-0.39, 0.29) is 5.92 Å². The van der Waals surface area contributed by atoms with Gasteiger partial charge in [-0.2, -0.15) is 5.10 Å². The Labute approximate surface area is 95.8 Å². The molecule has 0 spiro atoms. The smallest absolute Gasteiger partial charge is 0.150 e. The van der Waals surface area contributed by atoms with Crippen molar-refractivity contribution in [1.82, 2.24) is 15.1 Å². The maximum absolute atomic E-state index is 11.2. The van der Waals surface area contributed by atoms with Crippen LogP contribution in [0.3, 0.4) is 0 Å². The molecule has 1 aromatic heterocycles. The van der Waals surface area contributed by atoms with Gasteiger partial charge in [0, 0.05) is 19.8 Å². The number of nitrogens with zero attached hydrogens (tertiary/aromatic N) is 2. The number of hydrogen-bond donors (Lipinski definition) is 1. The molecule has 0 bridgehead atoms. The van der Waals surface area contributed by atoms with E-state index in [4.69, 9.17) is 0 Å². The van der Waals surface area contributed by atoms with Crippen molar-refractivity contribution in [2.75, 3.05) is 18.1 Å². The highest BCUT2D eigenvalue weighted by Crippen LogP contribution is 2.17. The molecule has 1 aliphatic heterocycles. The fourth-order valence-electron chi connectivity index (χ4n) is 1.99. The fourth-order valence-corrected chi connectivity index (χ4v) is 3.86. The van der Waals surface area contributed by atoms with Gasteiger partial charge in [-0.15, -0.1) is 0 Å². The zero-order valence-electron chi connectivity index (χ0n) is 9.39. The highest BCUT2D eigenvalue weighted by molar-refractivity contribution is 7.91. The molecule has 0 aliphatic carbocycles. The molecule has 0 aromatic carbocycles. The summed E-state index contributed by atoms with van der Waals surface area (Å²) < 4.78 is 24.2. The van der Waals surface area contributed by atoms with E-state index in [1.807, 2.05) is 19.3 Å². The van der Waals surface area contributed by atoms with Crippen LogP contribution in [0.15, 0.2) is 12.3 Å². The van der Waals surface area contributed by atoms with Crippen molar-refractivity contribution in [1.29, 1.82) is 0 Å². The van der Waals surface area contributed by atoms with Crippen molar-refractivity contribution in [3.8, 4) is 0 Å². The van der Waals surface area contributed by atoms with Gasteiger partial charge < -0.3 is 5.32 Å². The second-order valence-corrected chi connectivity index (χ2v) is 6.61. The Morgan fingerprint density at radius 2 is 2.44 bits per heavy atom. The minimum Gasteiger partial charge on any atom is -0.311 e. The molecule has 1 aliphatic rings. The Morgan fingerprint density at radius 1 is 1.62 bits per heavy atom. The third kappa shape index (κ3) is 3.05. The van der Waals surface area contributed by atoms with Crippen molar-refractivity contribution < 1.29 is 8.42 Å². The van der Waals surface area contributed by atoms with E-state index in [2.05, 4.69) is 10.4 Å². The van der Waals surface area contributed by atoms with Gasteiger partial charge >= 0.3 is 0 Å². The average molecular weight is 243 g/mol. The molecule has 5 nitrogen and oxygen atoms in total. The summed E-state index contributed by atoms with van der Waals surface area (Å²) in [4.78, 5) is 0. The number of aryl methyl sites for hydroxylation is 1. The minimum atomic E-state index is -2.75. The lowest BCUT2D eigenvalue weighted by Gasteiger charge is -2.07. The largest absolute Gasteiger partial charge is 0.311 e. The van der Waals surface area contributed by atoms with E-state index in [9.17, 15) is 8.42 Å². The van der Waals surface area contributed by atoms with Gasteiger partial charge in [0.05, 0.1) is 17.2 Å². The fraction of sp³-hybridized carbons (Fsp3) is 0.700. The number of hydrogen-bond acceptors (Lipinski definition) is 4. The van der Waals surface area contributed by atoms with Gasteiger partial charge in [0.1, 0.15) is 0 Å². The first-order chi connectivity index (χ1) is 7.55. The molecular weight excluding hydrogens is 226 g/mol. The van der Waals surface area contributed by atoms with Crippen LogP contribution in [0.25, 0.3) is 0 Å². The zero-order chi connectivity index (χ0) is 11.6. The summed E-state index contributed by atoms with van der Waals surface area (Å²) in [5, 5.41) is 7.49. The van der Waals surface area contributed by atoms with Crippen LogP contribution in [0.5, 0.6) is 0 Å². The lowest BCUT2D eigenvalue weighted by molar-refractivity contribution is 0.516. The third-order valence-electron chi connectivity index (χ3n) is 2.83. The molecule has 1 atom stereocenters. The summed E-state index contributed by atoms with van der Waals surface area (Å²) in [7, 11) is -0.864. The van der Waals surface area contributed by atoms with Crippen LogP contribution in [-0.4, -0.2) is 36.2 Å². The Morgan fingerprint density at radius 3 is 3.00 bits per heavy atom. The van der Waals surface area contributed by atoms with Crippen molar-refractivity contribution in [3.63, 3.8) is 0 Å². The molecule has 1 aromatic rings.